The zero-order chi connectivity index (χ0) is 19.2. The number of ether oxygens (including phenoxy) is 2. The molecule has 1 aromatic heterocycles. The Bertz CT molecular complexity index is 980. The highest BCUT2D eigenvalue weighted by molar-refractivity contribution is 9.10. The summed E-state index contributed by atoms with van der Waals surface area (Å²) in [6, 6.07) is 3.46. The van der Waals surface area contributed by atoms with Gasteiger partial charge in [0.15, 0.2) is 5.69 Å². The lowest BCUT2D eigenvalue weighted by Crippen LogP contribution is -2.32. The number of fused-ring (bicyclic) bond motifs is 1. The van der Waals surface area contributed by atoms with Crippen LogP contribution in [0.2, 0.25) is 0 Å². The van der Waals surface area contributed by atoms with Crippen molar-refractivity contribution in [2.24, 2.45) is 0 Å². The maximum absolute atomic E-state index is 13.1. The molecule has 0 spiro atoms. The van der Waals surface area contributed by atoms with E-state index in [2.05, 4.69) is 25.4 Å². The average Bonchev–Trinajstić information content (AvgIpc) is 2.86. The fourth-order valence-corrected chi connectivity index (χ4v) is 3.57. The molecule has 0 unspecified atom stereocenters. The second-order valence-corrected chi connectivity index (χ2v) is 7.28. The van der Waals surface area contributed by atoms with Crippen LogP contribution in [0.25, 0.3) is 10.9 Å². The first kappa shape index (κ1) is 19.2. The number of benzene rings is 1. The van der Waals surface area contributed by atoms with Gasteiger partial charge in [0.1, 0.15) is 5.56 Å². The fraction of sp³-hybridized carbons (Fsp3) is 0.231. The largest absolute Gasteiger partial charge is 0.517 e. The van der Waals surface area contributed by atoms with Gasteiger partial charge in [0.05, 0.1) is 19.7 Å². The summed E-state index contributed by atoms with van der Waals surface area (Å²) in [7, 11) is -4.26. The first-order valence-electron chi connectivity index (χ1n) is 6.29. The van der Waals surface area contributed by atoms with Gasteiger partial charge in [-0.25, -0.2) is 13.6 Å². The second-order valence-electron chi connectivity index (χ2n) is 4.58. The molecule has 0 N–H and O–H groups in total. The van der Waals surface area contributed by atoms with Crippen molar-refractivity contribution in [3.8, 4) is 0 Å². The number of alkyl halides is 3. The highest BCUT2D eigenvalue weighted by atomic mass is 79.9. The third-order valence-corrected chi connectivity index (χ3v) is 5.13. The molecule has 0 aliphatic rings. The third kappa shape index (κ3) is 2.99. The van der Waals surface area contributed by atoms with Crippen LogP contribution < -0.4 is 0 Å². The number of carbonyl (C=O) groups is 2. The monoisotopic (exact) mass is 443 g/mol. The molecule has 0 radical (unpaired) electrons. The average molecular weight is 444 g/mol. The van der Waals surface area contributed by atoms with E-state index in [-0.39, 0.29) is 9.36 Å². The molecule has 0 amide bonds. The van der Waals surface area contributed by atoms with Crippen LogP contribution in [-0.2, 0) is 19.5 Å². The topological polar surface area (TPSA) is 91.7 Å². The molecule has 136 valence electrons. The van der Waals surface area contributed by atoms with Crippen molar-refractivity contribution in [3.63, 3.8) is 0 Å². The Morgan fingerprint density at radius 1 is 1.12 bits per heavy atom. The van der Waals surface area contributed by atoms with Crippen molar-refractivity contribution in [1.29, 1.82) is 0 Å². The Balaban J connectivity index is 3.14. The molecule has 12 heteroatoms. The summed E-state index contributed by atoms with van der Waals surface area (Å²) in [5.41, 5.74) is -8.00. The molecule has 1 heterocycles. The molecule has 0 saturated carbocycles. The molecule has 1 aromatic carbocycles. The normalized spacial score (nSPS) is 12.2. The van der Waals surface area contributed by atoms with Crippen molar-refractivity contribution < 1.29 is 40.7 Å². The van der Waals surface area contributed by atoms with Crippen LogP contribution in [-0.4, -0.2) is 44.1 Å². The van der Waals surface area contributed by atoms with Crippen molar-refractivity contribution in [2.75, 3.05) is 14.2 Å². The quantitative estimate of drug-likeness (QED) is 0.677. The number of esters is 2. The van der Waals surface area contributed by atoms with Crippen LogP contribution in [0.4, 0.5) is 13.2 Å². The maximum atomic E-state index is 13.1. The number of halogens is 4. The number of rotatable bonds is 3. The molecular weight excluding hydrogens is 435 g/mol. The van der Waals surface area contributed by atoms with E-state index in [0.717, 1.165) is 20.3 Å². The molecular formula is C13H9BrF3NO6S. The van der Waals surface area contributed by atoms with E-state index in [1.807, 2.05) is 0 Å². The molecule has 2 aromatic rings. The highest BCUT2D eigenvalue weighted by Gasteiger charge is 2.50. The lowest BCUT2D eigenvalue weighted by Gasteiger charge is -2.13. The summed E-state index contributed by atoms with van der Waals surface area (Å²) >= 11 is 3.07. The van der Waals surface area contributed by atoms with Gasteiger partial charge in [-0.15, -0.1) is 0 Å². The lowest BCUT2D eigenvalue weighted by molar-refractivity contribution is -0.0445. The summed E-state index contributed by atoms with van der Waals surface area (Å²) in [5.74, 6) is -2.64. The number of nitrogens with zero attached hydrogens (tertiary/aromatic N) is 1. The van der Waals surface area contributed by atoms with Gasteiger partial charge in [-0.05, 0) is 18.2 Å². The van der Waals surface area contributed by atoms with Crippen molar-refractivity contribution in [1.82, 2.24) is 3.97 Å². The maximum Gasteiger partial charge on any atom is 0.517 e. The summed E-state index contributed by atoms with van der Waals surface area (Å²) < 4.78 is 72.1. The van der Waals surface area contributed by atoms with Crippen LogP contribution >= 0.6 is 15.9 Å². The number of aromatic nitrogens is 1. The number of methoxy groups -OCH3 is 2. The molecule has 0 bridgehead atoms. The molecule has 25 heavy (non-hydrogen) atoms. The standard InChI is InChI=1S/C13H9BrF3NO6S/c1-23-11(19)9-7-5-6(14)3-4-8(7)18(10(9)12(20)24-2)25(21,22)13(15,16)17/h3-5H,1-2H3. The van der Waals surface area contributed by atoms with Crippen molar-refractivity contribution in [3.05, 3.63) is 33.9 Å². The van der Waals surface area contributed by atoms with Crippen LogP contribution in [0.5, 0.6) is 0 Å². The van der Waals surface area contributed by atoms with Gasteiger partial charge < -0.3 is 9.47 Å². The Labute approximate surface area is 147 Å². The van der Waals surface area contributed by atoms with Crippen LogP contribution in [0.15, 0.2) is 22.7 Å². The third-order valence-electron chi connectivity index (χ3n) is 3.19. The molecule has 0 aliphatic carbocycles. The first-order valence-corrected chi connectivity index (χ1v) is 8.53. The zero-order valence-electron chi connectivity index (χ0n) is 12.5. The predicted octanol–water partition coefficient (Wildman–Crippen LogP) is 2.67. The molecule has 0 atom stereocenters. The number of hydrogen-bond acceptors (Lipinski definition) is 6. The van der Waals surface area contributed by atoms with Crippen LogP contribution in [0.3, 0.4) is 0 Å². The minimum Gasteiger partial charge on any atom is -0.465 e. The predicted molar refractivity (Wildman–Crippen MR) is 82.7 cm³/mol. The van der Waals surface area contributed by atoms with Gasteiger partial charge in [-0.2, -0.15) is 21.6 Å². The van der Waals surface area contributed by atoms with Crippen LogP contribution in [0, 0.1) is 0 Å². The molecule has 0 fully saturated rings. The number of hydrogen-bond donors (Lipinski definition) is 0. The van der Waals surface area contributed by atoms with Crippen molar-refractivity contribution >= 4 is 48.8 Å². The van der Waals surface area contributed by atoms with Gasteiger partial charge in [-0.1, -0.05) is 15.9 Å². The fourth-order valence-electron chi connectivity index (χ4n) is 2.18. The van der Waals surface area contributed by atoms with Crippen LogP contribution in [0.1, 0.15) is 20.8 Å². The summed E-state index contributed by atoms with van der Waals surface area (Å²) in [6.45, 7) is 0. The van der Waals surface area contributed by atoms with E-state index in [1.54, 1.807) is 0 Å². The second kappa shape index (κ2) is 6.33. The molecule has 0 saturated heterocycles. The minimum absolute atomic E-state index is 0.227. The summed E-state index contributed by atoms with van der Waals surface area (Å²) in [6.07, 6.45) is 0. The Morgan fingerprint density at radius 3 is 2.16 bits per heavy atom. The Morgan fingerprint density at radius 2 is 1.68 bits per heavy atom. The SMILES string of the molecule is COC(=O)c1c(C(=O)OC)n(S(=O)(=O)C(F)(F)F)c2ccc(Br)cc12. The van der Waals surface area contributed by atoms with E-state index < -0.39 is 44.2 Å². The van der Waals surface area contributed by atoms with E-state index in [0.29, 0.717) is 4.47 Å². The number of carbonyl (C=O) groups excluding carboxylic acids is 2. The van der Waals surface area contributed by atoms with Crippen molar-refractivity contribution in [2.45, 2.75) is 5.51 Å². The van der Waals surface area contributed by atoms with Gasteiger partial charge in [0, 0.05) is 9.86 Å². The van der Waals surface area contributed by atoms with E-state index >= 15 is 0 Å². The summed E-state index contributed by atoms with van der Waals surface area (Å²) in [4.78, 5) is 24.0. The Kier molecular flexibility index (Phi) is 4.88. The lowest BCUT2D eigenvalue weighted by atomic mass is 10.1. The van der Waals surface area contributed by atoms with E-state index in [4.69, 9.17) is 0 Å². The smallest absolute Gasteiger partial charge is 0.465 e. The van der Waals surface area contributed by atoms with Gasteiger partial charge in [0.2, 0.25) is 0 Å². The molecule has 7 nitrogen and oxygen atoms in total. The highest BCUT2D eigenvalue weighted by Crippen LogP contribution is 2.36. The van der Waals surface area contributed by atoms with Gasteiger partial charge in [0.25, 0.3) is 0 Å². The molecule has 0 aliphatic heterocycles. The van der Waals surface area contributed by atoms with Gasteiger partial charge in [-0.3, -0.25) is 0 Å². The Hall–Kier alpha value is -2.08. The van der Waals surface area contributed by atoms with E-state index in [1.165, 1.54) is 12.1 Å². The first-order chi connectivity index (χ1) is 11.5. The molecule has 2 rings (SSSR count). The summed E-state index contributed by atoms with van der Waals surface area (Å²) in [5, 5.41) is -0.227. The minimum atomic E-state index is -6.03. The van der Waals surface area contributed by atoms with Gasteiger partial charge >= 0.3 is 27.5 Å². The zero-order valence-corrected chi connectivity index (χ0v) is 15.0. The van der Waals surface area contributed by atoms with E-state index in [9.17, 15) is 31.2 Å².